The van der Waals surface area contributed by atoms with Crippen molar-refractivity contribution >= 4 is 5.69 Å². The topological polar surface area (TPSA) is 69.2 Å². The summed E-state index contributed by atoms with van der Waals surface area (Å²) in [5.41, 5.74) is 7.24. The highest BCUT2D eigenvalue weighted by Gasteiger charge is 2.57. The van der Waals surface area contributed by atoms with Crippen LogP contribution in [-0.2, 0) is 0 Å². The van der Waals surface area contributed by atoms with E-state index < -0.39 is 0 Å². The van der Waals surface area contributed by atoms with Gasteiger partial charge in [0, 0.05) is 12.1 Å². The van der Waals surface area contributed by atoms with Crippen LogP contribution in [0.15, 0.2) is 24.3 Å². The van der Waals surface area contributed by atoms with Crippen molar-refractivity contribution in [2.24, 2.45) is 17.1 Å². The molecule has 0 bridgehead atoms. The second-order valence-corrected chi connectivity index (χ2v) is 4.99. The summed E-state index contributed by atoms with van der Waals surface area (Å²) in [4.78, 5) is 10.2. The number of rotatable bonds is 3. The van der Waals surface area contributed by atoms with Crippen molar-refractivity contribution in [2.75, 3.05) is 6.54 Å². The van der Waals surface area contributed by atoms with E-state index in [0.29, 0.717) is 18.4 Å². The van der Waals surface area contributed by atoms with Crippen LogP contribution < -0.4 is 5.73 Å². The van der Waals surface area contributed by atoms with Crippen molar-refractivity contribution in [3.63, 3.8) is 0 Å². The van der Waals surface area contributed by atoms with Gasteiger partial charge in [-0.2, -0.15) is 0 Å². The molecule has 16 heavy (non-hydrogen) atoms. The number of benzene rings is 1. The van der Waals surface area contributed by atoms with E-state index in [-0.39, 0.29) is 16.0 Å². The Balaban J connectivity index is 2.21. The van der Waals surface area contributed by atoms with Crippen LogP contribution in [0.25, 0.3) is 0 Å². The summed E-state index contributed by atoms with van der Waals surface area (Å²) in [6.45, 7) is 5.06. The van der Waals surface area contributed by atoms with E-state index in [0.717, 1.165) is 5.56 Å². The van der Waals surface area contributed by atoms with E-state index in [2.05, 4.69) is 13.8 Å². The molecule has 1 fully saturated rings. The Morgan fingerprint density at radius 3 is 2.31 bits per heavy atom. The van der Waals surface area contributed by atoms with Crippen LogP contribution in [0.5, 0.6) is 0 Å². The summed E-state index contributed by atoms with van der Waals surface area (Å²) in [7, 11) is 0. The quantitative estimate of drug-likeness (QED) is 0.627. The molecule has 0 aromatic heterocycles. The summed E-state index contributed by atoms with van der Waals surface area (Å²) in [5.74, 6) is 0.937. The maximum absolute atomic E-state index is 10.5. The van der Waals surface area contributed by atoms with Crippen LogP contribution in [0.4, 0.5) is 5.69 Å². The van der Waals surface area contributed by atoms with Crippen LogP contribution in [-0.4, -0.2) is 11.5 Å². The zero-order chi connectivity index (χ0) is 11.9. The molecule has 1 aliphatic rings. The molecule has 0 amide bonds. The van der Waals surface area contributed by atoms with Gasteiger partial charge >= 0.3 is 0 Å². The Morgan fingerprint density at radius 1 is 1.38 bits per heavy atom. The molecular weight excluding hydrogens is 204 g/mol. The summed E-state index contributed by atoms with van der Waals surface area (Å²) in [5, 5.41) is 10.5. The normalized spacial score (nSPS) is 26.4. The fourth-order valence-electron chi connectivity index (χ4n) is 2.65. The average molecular weight is 220 g/mol. The van der Waals surface area contributed by atoms with Crippen molar-refractivity contribution in [3.05, 3.63) is 39.9 Å². The molecule has 1 aromatic carbocycles. The van der Waals surface area contributed by atoms with Crippen LogP contribution in [0.1, 0.15) is 25.3 Å². The first-order chi connectivity index (χ1) is 7.48. The van der Waals surface area contributed by atoms with E-state index in [1.165, 1.54) is 0 Å². The number of nitrogens with zero attached hydrogens (tertiary/aromatic N) is 1. The Hall–Kier alpha value is -1.42. The van der Waals surface area contributed by atoms with Gasteiger partial charge in [0.25, 0.3) is 5.69 Å². The third-order valence-corrected chi connectivity index (χ3v) is 3.77. The zero-order valence-electron chi connectivity index (χ0n) is 9.51. The van der Waals surface area contributed by atoms with Gasteiger partial charge in [0.15, 0.2) is 0 Å². The SMILES string of the molecule is CC1(C)[C@H](CN)[C@H]1c1ccc([N+](=O)[O-])cc1. The molecule has 0 saturated heterocycles. The van der Waals surface area contributed by atoms with Crippen LogP contribution in [0.2, 0.25) is 0 Å². The van der Waals surface area contributed by atoms with Gasteiger partial charge in [-0.15, -0.1) is 0 Å². The largest absolute Gasteiger partial charge is 0.330 e. The summed E-state index contributed by atoms with van der Waals surface area (Å²) < 4.78 is 0. The second kappa shape index (κ2) is 3.56. The van der Waals surface area contributed by atoms with Gasteiger partial charge in [0.1, 0.15) is 0 Å². The molecule has 2 N–H and O–H groups in total. The molecule has 0 unspecified atom stereocenters. The Morgan fingerprint density at radius 2 is 1.94 bits per heavy atom. The highest BCUT2D eigenvalue weighted by Crippen LogP contribution is 2.63. The number of nitrogens with two attached hydrogens (primary N) is 1. The first kappa shape index (κ1) is 11.1. The van der Waals surface area contributed by atoms with E-state index in [9.17, 15) is 10.1 Å². The number of non-ortho nitro benzene ring substituents is 1. The van der Waals surface area contributed by atoms with Gasteiger partial charge in [-0.05, 0) is 29.4 Å². The highest BCUT2D eigenvalue weighted by atomic mass is 16.6. The lowest BCUT2D eigenvalue weighted by Crippen LogP contribution is -2.05. The van der Waals surface area contributed by atoms with Gasteiger partial charge in [-0.1, -0.05) is 26.0 Å². The summed E-state index contributed by atoms with van der Waals surface area (Å²) >= 11 is 0. The molecule has 1 aliphatic carbocycles. The molecule has 0 spiro atoms. The first-order valence-electron chi connectivity index (χ1n) is 5.43. The summed E-state index contributed by atoms with van der Waals surface area (Å²) in [6.07, 6.45) is 0. The minimum atomic E-state index is -0.373. The molecule has 0 radical (unpaired) electrons. The summed E-state index contributed by atoms with van der Waals surface area (Å²) in [6, 6.07) is 6.83. The van der Waals surface area contributed by atoms with E-state index in [1.807, 2.05) is 12.1 Å². The van der Waals surface area contributed by atoms with Crippen molar-refractivity contribution in [1.82, 2.24) is 0 Å². The fourth-order valence-corrected chi connectivity index (χ4v) is 2.65. The third-order valence-electron chi connectivity index (χ3n) is 3.77. The van der Waals surface area contributed by atoms with E-state index in [4.69, 9.17) is 5.73 Å². The first-order valence-corrected chi connectivity index (χ1v) is 5.43. The Bertz CT molecular complexity index is 412. The van der Waals surface area contributed by atoms with Crippen LogP contribution in [0, 0.1) is 21.4 Å². The predicted octanol–water partition coefficient (Wildman–Crippen LogP) is 2.29. The predicted molar refractivity (Wildman–Crippen MR) is 62.2 cm³/mol. The molecule has 2 rings (SSSR count). The molecule has 1 aromatic rings. The second-order valence-electron chi connectivity index (χ2n) is 4.99. The molecule has 0 aliphatic heterocycles. The minimum Gasteiger partial charge on any atom is -0.330 e. The number of hydrogen-bond acceptors (Lipinski definition) is 3. The van der Waals surface area contributed by atoms with E-state index in [1.54, 1.807) is 12.1 Å². The van der Waals surface area contributed by atoms with Crippen molar-refractivity contribution in [2.45, 2.75) is 19.8 Å². The number of nitro benzene ring substituents is 1. The van der Waals surface area contributed by atoms with Crippen molar-refractivity contribution < 1.29 is 4.92 Å². The molecule has 86 valence electrons. The zero-order valence-corrected chi connectivity index (χ0v) is 9.51. The molecule has 4 nitrogen and oxygen atoms in total. The van der Waals surface area contributed by atoms with Crippen LogP contribution >= 0.6 is 0 Å². The monoisotopic (exact) mass is 220 g/mol. The lowest BCUT2D eigenvalue weighted by atomic mass is 10.0. The lowest BCUT2D eigenvalue weighted by molar-refractivity contribution is -0.384. The smallest absolute Gasteiger partial charge is 0.269 e. The number of hydrogen-bond donors (Lipinski definition) is 1. The van der Waals surface area contributed by atoms with Gasteiger partial charge in [-0.3, -0.25) is 10.1 Å². The van der Waals surface area contributed by atoms with Gasteiger partial charge in [0.2, 0.25) is 0 Å². The maximum Gasteiger partial charge on any atom is 0.269 e. The third kappa shape index (κ3) is 1.59. The van der Waals surface area contributed by atoms with Gasteiger partial charge < -0.3 is 5.73 Å². The molecular formula is C12H16N2O2. The van der Waals surface area contributed by atoms with Gasteiger partial charge in [0.05, 0.1) is 4.92 Å². The molecule has 1 saturated carbocycles. The fraction of sp³-hybridized carbons (Fsp3) is 0.500. The molecule has 0 heterocycles. The highest BCUT2D eigenvalue weighted by molar-refractivity contribution is 5.39. The Labute approximate surface area is 94.6 Å². The lowest BCUT2D eigenvalue weighted by Gasteiger charge is -2.02. The van der Waals surface area contributed by atoms with Crippen LogP contribution in [0.3, 0.4) is 0 Å². The minimum absolute atomic E-state index is 0.145. The average Bonchev–Trinajstić information content (AvgIpc) is 2.80. The van der Waals surface area contributed by atoms with Gasteiger partial charge in [-0.25, -0.2) is 0 Å². The van der Waals surface area contributed by atoms with Crippen molar-refractivity contribution in [3.8, 4) is 0 Å². The number of nitro groups is 1. The molecule has 2 atom stereocenters. The standard InChI is InChI=1S/C12H16N2O2/c1-12(2)10(7-13)11(12)8-3-5-9(6-4-8)14(15)16/h3-6,10-11H,7,13H2,1-2H3/t10-,11-/m1/s1. The molecule has 4 heteroatoms. The maximum atomic E-state index is 10.5. The van der Waals surface area contributed by atoms with Crippen molar-refractivity contribution in [1.29, 1.82) is 0 Å². The van der Waals surface area contributed by atoms with E-state index >= 15 is 0 Å². The Kier molecular flexibility index (Phi) is 2.46.